The highest BCUT2D eigenvalue weighted by Crippen LogP contribution is 2.16. The fourth-order valence-electron chi connectivity index (χ4n) is 2.48. The van der Waals surface area contributed by atoms with E-state index in [0.29, 0.717) is 6.42 Å². The Hall–Kier alpha value is -2.43. The number of likely N-dealkylation sites (tertiary alicyclic amines) is 1. The van der Waals surface area contributed by atoms with Crippen LogP contribution in [0.25, 0.3) is 0 Å². The minimum atomic E-state index is -0.297. The van der Waals surface area contributed by atoms with Crippen molar-refractivity contribution in [3.63, 3.8) is 0 Å². The Morgan fingerprint density at radius 2 is 1.95 bits per heavy atom. The van der Waals surface area contributed by atoms with Gasteiger partial charge in [-0.3, -0.25) is 5.43 Å². The van der Waals surface area contributed by atoms with Crippen LogP contribution in [0.3, 0.4) is 0 Å². The number of nitrogens with one attached hydrogen (secondary N) is 1. The summed E-state index contributed by atoms with van der Waals surface area (Å²) >= 11 is 0. The molecule has 1 fully saturated rings. The van der Waals surface area contributed by atoms with Crippen LogP contribution in [-0.2, 0) is 11.3 Å². The van der Waals surface area contributed by atoms with Gasteiger partial charge in [0.05, 0.1) is 5.70 Å². The molecule has 0 aromatic heterocycles. The maximum atomic E-state index is 12.1. The second-order valence-corrected chi connectivity index (χ2v) is 5.15. The molecule has 21 heavy (non-hydrogen) atoms. The normalized spacial score (nSPS) is 17.4. The van der Waals surface area contributed by atoms with Gasteiger partial charge >= 0.3 is 6.09 Å². The summed E-state index contributed by atoms with van der Waals surface area (Å²) in [6, 6.07) is 10.1. The molecular formula is C16H19N3O2. The van der Waals surface area contributed by atoms with Gasteiger partial charge in [0.15, 0.2) is 0 Å². The third-order valence-corrected chi connectivity index (χ3v) is 3.60. The van der Waals surface area contributed by atoms with E-state index in [4.69, 9.17) is 4.84 Å². The first-order valence-electron chi connectivity index (χ1n) is 7.26. The van der Waals surface area contributed by atoms with E-state index in [2.05, 4.69) is 17.6 Å². The molecule has 5 heteroatoms. The van der Waals surface area contributed by atoms with Crippen molar-refractivity contribution in [2.24, 2.45) is 0 Å². The number of hydrogen-bond acceptors (Lipinski definition) is 4. The van der Waals surface area contributed by atoms with E-state index in [1.165, 1.54) is 10.7 Å². The van der Waals surface area contributed by atoms with Gasteiger partial charge in [0.1, 0.15) is 0 Å². The minimum Gasteiger partial charge on any atom is -0.306 e. The fraction of sp³-hybridized carbons (Fsp3) is 0.312. The molecule has 1 N–H and O–H groups in total. The maximum Gasteiger partial charge on any atom is 0.435 e. The largest absolute Gasteiger partial charge is 0.435 e. The summed E-state index contributed by atoms with van der Waals surface area (Å²) < 4.78 is 0. The Balaban J connectivity index is 1.65. The Morgan fingerprint density at radius 3 is 2.71 bits per heavy atom. The molecule has 2 aliphatic heterocycles. The molecule has 2 aliphatic rings. The monoisotopic (exact) mass is 285 g/mol. The topological polar surface area (TPSA) is 44.8 Å². The average Bonchev–Trinajstić information content (AvgIpc) is 3.05. The van der Waals surface area contributed by atoms with E-state index in [-0.39, 0.29) is 6.09 Å². The molecule has 0 bridgehead atoms. The zero-order valence-electron chi connectivity index (χ0n) is 11.9. The highest BCUT2D eigenvalue weighted by Gasteiger charge is 2.23. The summed E-state index contributed by atoms with van der Waals surface area (Å²) in [6.45, 7) is 1.56. The second kappa shape index (κ2) is 6.35. The van der Waals surface area contributed by atoms with Crippen LogP contribution in [0.1, 0.15) is 18.4 Å². The van der Waals surface area contributed by atoms with Crippen LogP contribution < -0.4 is 5.43 Å². The van der Waals surface area contributed by atoms with Gasteiger partial charge in [0.2, 0.25) is 0 Å². The molecule has 110 valence electrons. The number of allylic oxidation sites excluding steroid dienone is 3. The van der Waals surface area contributed by atoms with Crippen LogP contribution in [-0.4, -0.2) is 29.3 Å². The molecular weight excluding hydrogens is 266 g/mol. The zero-order valence-corrected chi connectivity index (χ0v) is 11.9. The lowest BCUT2D eigenvalue weighted by molar-refractivity contribution is -0.112. The molecule has 5 nitrogen and oxygen atoms in total. The summed E-state index contributed by atoms with van der Waals surface area (Å²) in [5, 5.41) is 1.45. The van der Waals surface area contributed by atoms with E-state index < -0.39 is 0 Å². The molecule has 0 aliphatic carbocycles. The first kappa shape index (κ1) is 13.5. The lowest BCUT2D eigenvalue weighted by Crippen LogP contribution is -2.42. The molecule has 0 spiro atoms. The van der Waals surface area contributed by atoms with Gasteiger partial charge in [-0.15, -0.1) is 5.17 Å². The van der Waals surface area contributed by atoms with Crippen LogP contribution in [0.2, 0.25) is 0 Å². The smallest absolute Gasteiger partial charge is 0.306 e. The number of hydroxylamine groups is 1. The van der Waals surface area contributed by atoms with E-state index in [0.717, 1.165) is 31.6 Å². The molecule has 3 rings (SSSR count). The van der Waals surface area contributed by atoms with Gasteiger partial charge in [0.25, 0.3) is 0 Å². The predicted molar refractivity (Wildman–Crippen MR) is 79.6 cm³/mol. The van der Waals surface area contributed by atoms with Gasteiger partial charge in [0, 0.05) is 25.7 Å². The number of hydrazine groups is 1. The molecule has 0 radical (unpaired) electrons. The second-order valence-electron chi connectivity index (χ2n) is 5.15. The van der Waals surface area contributed by atoms with E-state index in [1.807, 2.05) is 30.4 Å². The van der Waals surface area contributed by atoms with E-state index in [1.54, 1.807) is 11.1 Å². The molecule has 1 saturated heterocycles. The zero-order chi connectivity index (χ0) is 14.5. The van der Waals surface area contributed by atoms with Gasteiger partial charge in [-0.1, -0.05) is 30.3 Å². The van der Waals surface area contributed by atoms with Crippen molar-refractivity contribution in [2.45, 2.75) is 19.3 Å². The van der Waals surface area contributed by atoms with Crippen molar-refractivity contribution in [2.75, 3.05) is 13.1 Å². The van der Waals surface area contributed by atoms with Crippen molar-refractivity contribution in [1.29, 1.82) is 0 Å². The van der Waals surface area contributed by atoms with Gasteiger partial charge in [-0.05, 0) is 30.6 Å². The number of nitrogens with zero attached hydrogens (tertiary/aromatic N) is 2. The quantitative estimate of drug-likeness (QED) is 0.927. The van der Waals surface area contributed by atoms with Crippen LogP contribution in [0.5, 0.6) is 0 Å². The third-order valence-electron chi connectivity index (χ3n) is 3.60. The summed E-state index contributed by atoms with van der Waals surface area (Å²) in [5.41, 5.74) is 5.03. The van der Waals surface area contributed by atoms with Crippen LogP contribution in [0, 0.1) is 0 Å². The number of amides is 1. The van der Waals surface area contributed by atoms with Crippen molar-refractivity contribution >= 4 is 6.09 Å². The van der Waals surface area contributed by atoms with Crippen molar-refractivity contribution in [3.8, 4) is 0 Å². The van der Waals surface area contributed by atoms with Crippen molar-refractivity contribution in [3.05, 3.63) is 59.9 Å². The molecule has 2 heterocycles. The average molecular weight is 285 g/mol. The van der Waals surface area contributed by atoms with Gasteiger partial charge < -0.3 is 9.74 Å². The Kier molecular flexibility index (Phi) is 4.09. The Labute approximate surface area is 124 Å². The van der Waals surface area contributed by atoms with Crippen molar-refractivity contribution < 1.29 is 9.63 Å². The lowest BCUT2D eigenvalue weighted by Gasteiger charge is -2.28. The van der Waals surface area contributed by atoms with Crippen LogP contribution in [0.15, 0.2) is 54.4 Å². The highest BCUT2D eigenvalue weighted by atomic mass is 16.7. The number of carbonyl (C=O) groups is 1. The number of benzene rings is 1. The first-order valence-corrected chi connectivity index (χ1v) is 7.26. The summed E-state index contributed by atoms with van der Waals surface area (Å²) in [4.78, 5) is 19.3. The number of hydrogen-bond donors (Lipinski definition) is 1. The van der Waals surface area contributed by atoms with Crippen molar-refractivity contribution in [1.82, 2.24) is 15.5 Å². The molecule has 0 unspecified atom stereocenters. The summed E-state index contributed by atoms with van der Waals surface area (Å²) in [6.07, 6.45) is 8.09. The molecule has 0 atom stereocenters. The highest BCUT2D eigenvalue weighted by molar-refractivity contribution is 5.67. The molecule has 1 aromatic rings. The van der Waals surface area contributed by atoms with Gasteiger partial charge in [-0.2, -0.15) is 0 Å². The van der Waals surface area contributed by atoms with Crippen LogP contribution in [0.4, 0.5) is 4.79 Å². The number of carbonyl (C=O) groups excluding carboxylic acids is 1. The molecule has 1 amide bonds. The third kappa shape index (κ3) is 3.37. The minimum absolute atomic E-state index is 0.297. The Morgan fingerprint density at radius 1 is 1.19 bits per heavy atom. The van der Waals surface area contributed by atoms with E-state index in [9.17, 15) is 4.79 Å². The first-order chi connectivity index (χ1) is 10.3. The number of rotatable bonds is 3. The Bertz CT molecular complexity index is 548. The summed E-state index contributed by atoms with van der Waals surface area (Å²) in [5.74, 6) is 0. The molecule has 1 aromatic carbocycles. The fourth-order valence-corrected chi connectivity index (χ4v) is 2.48. The van der Waals surface area contributed by atoms with Crippen LogP contribution >= 0.6 is 0 Å². The maximum absolute atomic E-state index is 12.1. The van der Waals surface area contributed by atoms with Gasteiger partial charge in [-0.25, -0.2) is 4.79 Å². The molecule has 0 saturated carbocycles. The SMILES string of the molecule is O=C(ON1NC=CC=C1Cc1ccccc1)N1CCCC1. The lowest BCUT2D eigenvalue weighted by atomic mass is 10.1. The van der Waals surface area contributed by atoms with E-state index >= 15 is 0 Å². The predicted octanol–water partition coefficient (Wildman–Crippen LogP) is 2.59. The standard InChI is InChI=1S/C16H19N3O2/c20-16(18-11-4-5-12-18)21-19-15(9-6-10-17-19)13-14-7-2-1-3-8-14/h1-3,6-10,17H,4-5,11-13H2. The summed E-state index contributed by atoms with van der Waals surface area (Å²) in [7, 11) is 0.